The van der Waals surface area contributed by atoms with Crippen LogP contribution in [0.25, 0.3) is 0 Å². The van der Waals surface area contributed by atoms with Gasteiger partial charge in [0.2, 0.25) is 5.91 Å². The van der Waals surface area contributed by atoms with E-state index in [0.717, 1.165) is 0 Å². The predicted molar refractivity (Wildman–Crippen MR) is 58.8 cm³/mol. The molecule has 1 rings (SSSR count). The first-order chi connectivity index (χ1) is 8.02. The summed E-state index contributed by atoms with van der Waals surface area (Å²) in [6, 6.07) is 0. The average Bonchev–Trinajstić information content (AvgIpc) is 2.65. The van der Waals surface area contributed by atoms with Crippen LogP contribution in [-0.4, -0.2) is 45.4 Å². The summed E-state index contributed by atoms with van der Waals surface area (Å²) in [6.07, 6.45) is 1.62. The Hall–Kier alpha value is -1.92. The summed E-state index contributed by atoms with van der Waals surface area (Å²) in [5.41, 5.74) is 0.631. The van der Waals surface area contributed by atoms with Crippen LogP contribution in [0, 0.1) is 0 Å². The fourth-order valence-electron chi connectivity index (χ4n) is 1.18. The van der Waals surface area contributed by atoms with Crippen molar-refractivity contribution in [3.05, 3.63) is 11.9 Å². The first kappa shape index (κ1) is 13.1. The molecule has 7 heteroatoms. The summed E-state index contributed by atoms with van der Waals surface area (Å²) in [6.45, 7) is 3.96. The summed E-state index contributed by atoms with van der Waals surface area (Å²) in [7, 11) is 1.67. The molecule has 0 radical (unpaired) electrons. The van der Waals surface area contributed by atoms with E-state index in [4.69, 9.17) is 4.74 Å². The lowest BCUT2D eigenvalue weighted by Gasteiger charge is -2.11. The van der Waals surface area contributed by atoms with Gasteiger partial charge in [0.25, 0.3) is 0 Å². The zero-order valence-corrected chi connectivity index (χ0v) is 10.2. The van der Waals surface area contributed by atoms with Gasteiger partial charge < -0.3 is 9.64 Å². The Balaban J connectivity index is 2.53. The molecule has 0 aromatic carbocycles. The number of aromatic nitrogens is 3. The van der Waals surface area contributed by atoms with Crippen molar-refractivity contribution in [3.8, 4) is 0 Å². The molecule has 0 aliphatic carbocycles. The number of carbonyl (C=O) groups excluding carboxylic acids is 2. The van der Waals surface area contributed by atoms with Gasteiger partial charge in [-0.05, 0) is 6.92 Å². The number of rotatable bonds is 5. The van der Waals surface area contributed by atoms with E-state index in [2.05, 4.69) is 10.3 Å². The van der Waals surface area contributed by atoms with Crippen molar-refractivity contribution in [1.82, 2.24) is 19.9 Å². The number of amides is 1. The Morgan fingerprint density at radius 1 is 1.53 bits per heavy atom. The third kappa shape index (κ3) is 4.21. The van der Waals surface area contributed by atoms with Crippen molar-refractivity contribution < 1.29 is 14.3 Å². The maximum atomic E-state index is 11.2. The van der Waals surface area contributed by atoms with Gasteiger partial charge >= 0.3 is 5.97 Å². The summed E-state index contributed by atoms with van der Waals surface area (Å²) in [5, 5.41) is 7.64. The lowest BCUT2D eigenvalue weighted by atomic mass is 10.4. The lowest BCUT2D eigenvalue weighted by molar-refractivity contribution is -0.144. The van der Waals surface area contributed by atoms with Gasteiger partial charge in [-0.1, -0.05) is 5.21 Å². The Morgan fingerprint density at radius 2 is 2.24 bits per heavy atom. The highest BCUT2D eigenvalue weighted by Crippen LogP contribution is 1.99. The largest absolute Gasteiger partial charge is 0.465 e. The fraction of sp³-hybridized carbons (Fsp3) is 0.600. The van der Waals surface area contributed by atoms with Crippen molar-refractivity contribution in [2.45, 2.75) is 26.9 Å². The molecule has 1 amide bonds. The zero-order chi connectivity index (χ0) is 12.8. The van der Waals surface area contributed by atoms with Crippen LogP contribution in [0.3, 0.4) is 0 Å². The van der Waals surface area contributed by atoms with Gasteiger partial charge in [0.15, 0.2) is 0 Å². The van der Waals surface area contributed by atoms with E-state index in [1.54, 1.807) is 20.2 Å². The third-order valence-corrected chi connectivity index (χ3v) is 2.12. The summed E-state index contributed by atoms with van der Waals surface area (Å²) in [5.74, 6) is -0.409. The SMILES string of the molecule is CCOC(=O)Cn1cc(CN(C)C(C)=O)nn1. The number of hydrogen-bond acceptors (Lipinski definition) is 5. The first-order valence-corrected chi connectivity index (χ1v) is 5.29. The minimum absolute atomic E-state index is 0.0324. The molecule has 0 N–H and O–H groups in total. The number of nitrogens with zero attached hydrogens (tertiary/aromatic N) is 4. The van der Waals surface area contributed by atoms with E-state index in [9.17, 15) is 9.59 Å². The van der Waals surface area contributed by atoms with Crippen molar-refractivity contribution in [3.63, 3.8) is 0 Å². The molecular formula is C10H16N4O3. The van der Waals surface area contributed by atoms with Gasteiger partial charge in [-0.2, -0.15) is 0 Å². The third-order valence-electron chi connectivity index (χ3n) is 2.12. The normalized spacial score (nSPS) is 10.1. The molecule has 94 valence electrons. The Bertz CT molecular complexity index is 402. The molecule has 0 unspecified atom stereocenters. The van der Waals surface area contributed by atoms with Crippen LogP contribution >= 0.6 is 0 Å². The lowest BCUT2D eigenvalue weighted by Crippen LogP contribution is -2.23. The number of carbonyl (C=O) groups is 2. The number of ether oxygens (including phenoxy) is 1. The maximum Gasteiger partial charge on any atom is 0.327 e. The topological polar surface area (TPSA) is 77.3 Å². The molecule has 0 aliphatic rings. The molecule has 1 aromatic rings. The van der Waals surface area contributed by atoms with Crippen LogP contribution in [-0.2, 0) is 27.4 Å². The minimum Gasteiger partial charge on any atom is -0.465 e. The maximum absolute atomic E-state index is 11.2. The molecule has 0 spiro atoms. The van der Waals surface area contributed by atoms with E-state index in [-0.39, 0.29) is 18.4 Å². The smallest absolute Gasteiger partial charge is 0.327 e. The Morgan fingerprint density at radius 3 is 2.82 bits per heavy atom. The summed E-state index contributed by atoms with van der Waals surface area (Å²) >= 11 is 0. The van der Waals surface area contributed by atoms with Crippen molar-refractivity contribution >= 4 is 11.9 Å². The quantitative estimate of drug-likeness (QED) is 0.667. The van der Waals surface area contributed by atoms with Crippen LogP contribution in [0.2, 0.25) is 0 Å². The van der Waals surface area contributed by atoms with Gasteiger partial charge in [-0.3, -0.25) is 9.59 Å². The van der Waals surface area contributed by atoms with E-state index >= 15 is 0 Å². The standard InChI is InChI=1S/C10H16N4O3/c1-4-17-10(16)7-14-6-9(11-12-14)5-13(3)8(2)15/h6H,4-5,7H2,1-3H3. The first-order valence-electron chi connectivity index (χ1n) is 5.29. The van der Waals surface area contributed by atoms with E-state index in [0.29, 0.717) is 18.8 Å². The van der Waals surface area contributed by atoms with Crippen molar-refractivity contribution in [2.75, 3.05) is 13.7 Å². The minimum atomic E-state index is -0.358. The van der Waals surface area contributed by atoms with Crippen LogP contribution in [0.15, 0.2) is 6.20 Å². The molecular weight excluding hydrogens is 224 g/mol. The van der Waals surface area contributed by atoms with Crippen LogP contribution in [0.4, 0.5) is 0 Å². The molecule has 0 bridgehead atoms. The average molecular weight is 240 g/mol. The molecule has 0 saturated carbocycles. The molecule has 1 aromatic heterocycles. The van der Waals surface area contributed by atoms with Gasteiger partial charge in [-0.15, -0.1) is 5.10 Å². The molecule has 17 heavy (non-hydrogen) atoms. The zero-order valence-electron chi connectivity index (χ0n) is 10.2. The molecule has 0 saturated heterocycles. The van der Waals surface area contributed by atoms with Crippen molar-refractivity contribution in [1.29, 1.82) is 0 Å². The van der Waals surface area contributed by atoms with Crippen LogP contribution in [0.5, 0.6) is 0 Å². The molecule has 7 nitrogen and oxygen atoms in total. The van der Waals surface area contributed by atoms with E-state index in [1.165, 1.54) is 16.5 Å². The molecule has 0 aliphatic heterocycles. The van der Waals surface area contributed by atoms with Gasteiger partial charge in [-0.25, -0.2) is 4.68 Å². The predicted octanol–water partition coefficient (Wildman–Crippen LogP) is -0.181. The molecule has 0 atom stereocenters. The monoisotopic (exact) mass is 240 g/mol. The molecule has 1 heterocycles. The highest BCUT2D eigenvalue weighted by molar-refractivity contribution is 5.72. The second-order valence-corrected chi connectivity index (χ2v) is 3.59. The summed E-state index contributed by atoms with van der Waals surface area (Å²) < 4.78 is 6.17. The highest BCUT2D eigenvalue weighted by atomic mass is 16.5. The van der Waals surface area contributed by atoms with E-state index in [1.807, 2.05) is 0 Å². The second kappa shape index (κ2) is 5.97. The van der Waals surface area contributed by atoms with Crippen LogP contribution in [0.1, 0.15) is 19.5 Å². The van der Waals surface area contributed by atoms with E-state index < -0.39 is 0 Å². The van der Waals surface area contributed by atoms with Gasteiger partial charge in [0.1, 0.15) is 12.2 Å². The van der Waals surface area contributed by atoms with Crippen LogP contribution < -0.4 is 0 Å². The summed E-state index contributed by atoms with van der Waals surface area (Å²) in [4.78, 5) is 23.7. The second-order valence-electron chi connectivity index (χ2n) is 3.59. The fourth-order valence-corrected chi connectivity index (χ4v) is 1.18. The number of esters is 1. The van der Waals surface area contributed by atoms with Gasteiger partial charge in [0, 0.05) is 14.0 Å². The number of hydrogen-bond donors (Lipinski definition) is 0. The van der Waals surface area contributed by atoms with Gasteiger partial charge in [0.05, 0.1) is 19.3 Å². The molecule has 0 fully saturated rings. The Labute approximate surface area is 99.3 Å². The highest BCUT2D eigenvalue weighted by Gasteiger charge is 2.09. The Kier molecular flexibility index (Phi) is 4.62. The van der Waals surface area contributed by atoms with Crippen molar-refractivity contribution in [2.24, 2.45) is 0 Å².